The molecule has 10 heteroatoms. The number of carbonyl (C=O) groups is 2. The molecule has 1 atom stereocenters. The first-order valence-corrected chi connectivity index (χ1v) is 12.7. The molecule has 3 rings (SSSR count). The minimum Gasteiger partial charge on any atom is -0.462 e. The maximum Gasteiger partial charge on any atom is 0.341 e. The summed E-state index contributed by atoms with van der Waals surface area (Å²) in [6.07, 6.45) is 1.10. The lowest BCUT2D eigenvalue weighted by Gasteiger charge is -2.31. The average Bonchev–Trinajstić information content (AvgIpc) is 3.01. The summed E-state index contributed by atoms with van der Waals surface area (Å²) in [5.74, 6) is -1.45. The van der Waals surface area contributed by atoms with Gasteiger partial charge in [0.2, 0.25) is 15.9 Å². The molecule has 1 N–H and O–H groups in total. The first-order chi connectivity index (χ1) is 15.5. The Balaban J connectivity index is 1.88. The van der Waals surface area contributed by atoms with Gasteiger partial charge in [0.1, 0.15) is 10.5 Å². The van der Waals surface area contributed by atoms with Crippen LogP contribution in [0.4, 0.5) is 5.69 Å². The van der Waals surface area contributed by atoms with Crippen LogP contribution in [0.25, 0.3) is 0 Å². The highest BCUT2D eigenvalue weighted by molar-refractivity contribution is 7.89. The van der Waals surface area contributed by atoms with Crippen LogP contribution >= 0.6 is 11.6 Å². The topological polar surface area (TPSA) is 97.7 Å². The molecule has 33 heavy (non-hydrogen) atoms. The number of sulfonamides is 1. The van der Waals surface area contributed by atoms with Crippen molar-refractivity contribution in [2.75, 3.05) is 25.0 Å². The van der Waals surface area contributed by atoms with Crippen LogP contribution in [0.15, 0.2) is 23.1 Å². The summed E-state index contributed by atoms with van der Waals surface area (Å²) in [5, 5.41) is 3.38. The van der Waals surface area contributed by atoms with E-state index in [9.17, 15) is 18.0 Å². The second-order valence-corrected chi connectivity index (χ2v) is 10.6. The van der Waals surface area contributed by atoms with Crippen LogP contribution in [0.1, 0.15) is 47.1 Å². The Morgan fingerprint density at radius 2 is 1.91 bits per heavy atom. The van der Waals surface area contributed by atoms with E-state index in [-0.39, 0.29) is 36.1 Å². The lowest BCUT2D eigenvalue weighted by Crippen LogP contribution is -2.44. The number of ether oxygens (including phenoxy) is 1. The van der Waals surface area contributed by atoms with Crippen molar-refractivity contribution in [3.8, 4) is 0 Å². The van der Waals surface area contributed by atoms with Crippen molar-refractivity contribution < 1.29 is 22.7 Å². The van der Waals surface area contributed by atoms with E-state index in [1.165, 1.54) is 4.31 Å². The summed E-state index contributed by atoms with van der Waals surface area (Å²) in [4.78, 5) is 25.5. The third-order valence-electron chi connectivity index (χ3n) is 6.20. The highest BCUT2D eigenvalue weighted by atomic mass is 35.5. The van der Waals surface area contributed by atoms with Crippen molar-refractivity contribution in [3.63, 3.8) is 0 Å². The van der Waals surface area contributed by atoms with E-state index < -0.39 is 21.9 Å². The Hall–Kier alpha value is -2.36. The van der Waals surface area contributed by atoms with Crippen molar-refractivity contribution in [1.29, 1.82) is 0 Å². The Morgan fingerprint density at radius 3 is 2.55 bits per heavy atom. The van der Waals surface area contributed by atoms with Gasteiger partial charge in [-0.1, -0.05) is 17.7 Å². The summed E-state index contributed by atoms with van der Waals surface area (Å²) in [7, 11) is -2.32. The number of benzene rings is 1. The summed E-state index contributed by atoms with van der Waals surface area (Å²) >= 11 is 6.15. The molecule has 0 radical (unpaired) electrons. The number of halogens is 1. The van der Waals surface area contributed by atoms with E-state index in [4.69, 9.17) is 16.3 Å². The van der Waals surface area contributed by atoms with E-state index in [1.54, 1.807) is 44.5 Å². The minimum absolute atomic E-state index is 0.0312. The van der Waals surface area contributed by atoms with Crippen LogP contribution in [0.5, 0.6) is 0 Å². The number of piperidine rings is 1. The average molecular weight is 496 g/mol. The van der Waals surface area contributed by atoms with Crippen molar-refractivity contribution in [2.45, 2.75) is 45.4 Å². The number of nitrogens with one attached hydrogen (secondary N) is 1. The Bertz CT molecular complexity index is 1190. The van der Waals surface area contributed by atoms with Crippen LogP contribution in [0.2, 0.25) is 5.02 Å². The number of aryl methyl sites for hydroxylation is 1. The number of anilines is 1. The zero-order valence-corrected chi connectivity index (χ0v) is 21.1. The molecule has 180 valence electrons. The number of aromatic nitrogens is 1. The fraction of sp³-hybridized carbons (Fsp3) is 0.478. The maximum absolute atomic E-state index is 13.7. The summed E-state index contributed by atoms with van der Waals surface area (Å²) < 4.78 is 35.4. The van der Waals surface area contributed by atoms with Crippen molar-refractivity contribution >= 4 is 39.2 Å². The summed E-state index contributed by atoms with van der Waals surface area (Å²) in [5.41, 5.74) is 2.49. The van der Waals surface area contributed by atoms with E-state index in [1.807, 2.05) is 13.0 Å². The highest BCUT2D eigenvalue weighted by Gasteiger charge is 2.39. The van der Waals surface area contributed by atoms with Crippen LogP contribution in [-0.2, 0) is 26.6 Å². The van der Waals surface area contributed by atoms with Gasteiger partial charge in [0.25, 0.3) is 0 Å². The van der Waals surface area contributed by atoms with Gasteiger partial charge in [0.05, 0.1) is 12.5 Å². The zero-order chi connectivity index (χ0) is 24.5. The minimum atomic E-state index is -4.03. The molecule has 8 nitrogen and oxygen atoms in total. The number of esters is 1. The number of carbonyl (C=O) groups excluding carboxylic acids is 2. The normalized spacial score (nSPS) is 17.1. The largest absolute Gasteiger partial charge is 0.462 e. The van der Waals surface area contributed by atoms with Gasteiger partial charge in [0, 0.05) is 42.2 Å². The third kappa shape index (κ3) is 4.95. The molecular formula is C23H30ClN3O5S. The van der Waals surface area contributed by atoms with Gasteiger partial charge in [0.15, 0.2) is 0 Å². The quantitative estimate of drug-likeness (QED) is 0.614. The lowest BCUT2D eigenvalue weighted by atomic mass is 9.98. The first kappa shape index (κ1) is 25.3. The molecule has 0 saturated carbocycles. The molecular weight excluding hydrogens is 466 g/mol. The summed E-state index contributed by atoms with van der Waals surface area (Å²) in [6, 6.07) is 5.25. The van der Waals surface area contributed by atoms with Crippen molar-refractivity contribution in [1.82, 2.24) is 8.87 Å². The van der Waals surface area contributed by atoms with Gasteiger partial charge in [-0.05, 0) is 58.2 Å². The molecule has 1 aliphatic heterocycles. The lowest BCUT2D eigenvalue weighted by molar-refractivity contribution is -0.120. The standard InChI is InChI=1S/C23H30ClN3O5S/c1-6-32-23(29)20-15(3)26(5)16(4)21(20)33(30,31)27-11-7-8-17(13-27)22(28)25-18-10-9-14(2)19(24)12-18/h9-10,12,17H,6-8,11,13H2,1-5H3,(H,25,28)/t17-/m0/s1. The number of hydrogen-bond acceptors (Lipinski definition) is 5. The molecule has 0 bridgehead atoms. The van der Waals surface area contributed by atoms with Gasteiger partial charge >= 0.3 is 5.97 Å². The fourth-order valence-corrected chi connectivity index (χ4v) is 6.28. The second-order valence-electron chi connectivity index (χ2n) is 8.31. The van der Waals surface area contributed by atoms with Crippen LogP contribution < -0.4 is 5.32 Å². The van der Waals surface area contributed by atoms with Gasteiger partial charge in [-0.3, -0.25) is 4.79 Å². The van der Waals surface area contributed by atoms with E-state index in [2.05, 4.69) is 5.32 Å². The molecule has 1 saturated heterocycles. The molecule has 1 amide bonds. The zero-order valence-electron chi connectivity index (χ0n) is 19.6. The molecule has 0 aliphatic carbocycles. The van der Waals surface area contributed by atoms with Crippen molar-refractivity contribution in [2.24, 2.45) is 13.0 Å². The van der Waals surface area contributed by atoms with E-state index >= 15 is 0 Å². The van der Waals surface area contributed by atoms with Crippen molar-refractivity contribution in [3.05, 3.63) is 45.7 Å². The van der Waals surface area contributed by atoms with E-state index in [0.717, 1.165) is 5.56 Å². The Kier molecular flexibility index (Phi) is 7.55. The van der Waals surface area contributed by atoms with Gasteiger partial charge in [-0.25, -0.2) is 13.2 Å². The predicted octanol–water partition coefficient (Wildman–Crippen LogP) is 3.82. The molecule has 2 aromatic rings. The summed E-state index contributed by atoms with van der Waals surface area (Å²) in [6.45, 7) is 7.35. The molecule has 0 unspecified atom stereocenters. The van der Waals surface area contributed by atoms with Gasteiger partial charge in [-0.15, -0.1) is 0 Å². The number of rotatable bonds is 6. The predicted molar refractivity (Wildman–Crippen MR) is 127 cm³/mol. The number of amides is 1. The molecule has 1 aromatic heterocycles. The van der Waals surface area contributed by atoms with Gasteiger partial charge in [-0.2, -0.15) is 4.31 Å². The molecule has 0 spiro atoms. The molecule has 1 fully saturated rings. The Labute approximate surface area is 199 Å². The molecule has 1 aromatic carbocycles. The number of hydrogen-bond donors (Lipinski definition) is 1. The highest BCUT2D eigenvalue weighted by Crippen LogP contribution is 2.32. The monoisotopic (exact) mass is 495 g/mol. The molecule has 1 aliphatic rings. The van der Waals surface area contributed by atoms with Crippen LogP contribution in [-0.4, -0.2) is 48.9 Å². The SMILES string of the molecule is CCOC(=O)c1c(S(=O)(=O)N2CCC[C@H](C(=O)Nc3ccc(C)c(Cl)c3)C2)c(C)n(C)c1C. The van der Waals surface area contributed by atoms with Crippen LogP contribution in [0, 0.1) is 26.7 Å². The first-order valence-electron chi connectivity index (χ1n) is 10.9. The van der Waals surface area contributed by atoms with Crippen LogP contribution in [0.3, 0.4) is 0 Å². The molecule has 2 heterocycles. The van der Waals surface area contributed by atoms with E-state index in [0.29, 0.717) is 34.9 Å². The smallest absolute Gasteiger partial charge is 0.341 e. The Morgan fingerprint density at radius 1 is 1.21 bits per heavy atom. The second kappa shape index (κ2) is 9.87. The maximum atomic E-state index is 13.7. The number of nitrogens with zero attached hydrogens (tertiary/aromatic N) is 2. The third-order valence-corrected chi connectivity index (χ3v) is 8.63. The van der Waals surface area contributed by atoms with Gasteiger partial charge < -0.3 is 14.6 Å². The fourth-order valence-electron chi connectivity index (χ4n) is 4.09.